The molecule has 2 aromatic rings. The average molecular weight is 379 g/mol. The second-order valence-electron chi connectivity index (χ2n) is 8.79. The van der Waals surface area contributed by atoms with Crippen LogP contribution in [0.2, 0.25) is 0 Å². The van der Waals surface area contributed by atoms with Gasteiger partial charge < -0.3 is 9.84 Å². The van der Waals surface area contributed by atoms with Crippen LogP contribution in [0.3, 0.4) is 0 Å². The third kappa shape index (κ3) is 4.43. The van der Waals surface area contributed by atoms with Crippen molar-refractivity contribution >= 4 is 10.8 Å². The van der Waals surface area contributed by atoms with Gasteiger partial charge in [0, 0.05) is 16.3 Å². The highest BCUT2D eigenvalue weighted by Gasteiger charge is 2.33. The molecule has 0 radical (unpaired) electrons. The van der Waals surface area contributed by atoms with Gasteiger partial charge >= 0.3 is 0 Å². The van der Waals surface area contributed by atoms with Crippen LogP contribution in [0.1, 0.15) is 70.9 Å². The molecule has 0 aromatic heterocycles. The van der Waals surface area contributed by atoms with Crippen molar-refractivity contribution in [2.45, 2.75) is 78.7 Å². The number of hydrogen-bond donors (Lipinski definition) is 1. The lowest BCUT2D eigenvalue weighted by molar-refractivity contribution is 0.0588. The quantitative estimate of drug-likeness (QED) is 0.530. The first-order chi connectivity index (χ1) is 13.3. The largest absolute Gasteiger partial charge is 0.507 e. The van der Waals surface area contributed by atoms with Gasteiger partial charge in [-0.2, -0.15) is 0 Å². The summed E-state index contributed by atoms with van der Waals surface area (Å²) in [7, 11) is 0. The Bertz CT molecular complexity index is 916. The molecule has 0 saturated carbocycles. The molecule has 0 amide bonds. The molecule has 2 heteroatoms. The minimum absolute atomic E-state index is 0.157. The predicted molar refractivity (Wildman–Crippen MR) is 119 cm³/mol. The molecule has 1 heterocycles. The van der Waals surface area contributed by atoms with Crippen LogP contribution in [0.4, 0.5) is 0 Å². The Morgan fingerprint density at radius 1 is 1.11 bits per heavy atom. The van der Waals surface area contributed by atoms with E-state index < -0.39 is 0 Å². The van der Waals surface area contributed by atoms with Gasteiger partial charge in [-0.05, 0) is 78.7 Å². The number of allylic oxidation sites excluding steroid dienone is 4. The highest BCUT2D eigenvalue weighted by molar-refractivity contribution is 5.95. The Morgan fingerprint density at radius 2 is 1.82 bits per heavy atom. The molecular formula is C26H34O2. The van der Waals surface area contributed by atoms with Crippen molar-refractivity contribution in [3.8, 4) is 11.5 Å². The number of hydrogen-bond acceptors (Lipinski definition) is 2. The van der Waals surface area contributed by atoms with Gasteiger partial charge in [0.25, 0.3) is 0 Å². The van der Waals surface area contributed by atoms with E-state index in [0.717, 1.165) is 60.6 Å². The number of ether oxygens (including phenoxy) is 1. The van der Waals surface area contributed by atoms with Crippen LogP contribution in [0, 0.1) is 6.92 Å². The molecule has 0 saturated heterocycles. The lowest BCUT2D eigenvalue weighted by Crippen LogP contribution is -2.36. The van der Waals surface area contributed by atoms with E-state index in [1.54, 1.807) is 0 Å². The Kier molecular flexibility index (Phi) is 6.17. The fraction of sp³-hybridized carbons (Fsp3) is 0.462. The molecule has 1 aliphatic rings. The Hall–Kier alpha value is -2.22. The van der Waals surface area contributed by atoms with Crippen LogP contribution in [0.25, 0.3) is 10.8 Å². The minimum Gasteiger partial charge on any atom is -0.507 e. The van der Waals surface area contributed by atoms with E-state index in [9.17, 15) is 5.11 Å². The summed E-state index contributed by atoms with van der Waals surface area (Å²) in [4.78, 5) is 0. The third-order valence-electron chi connectivity index (χ3n) is 6.02. The first-order valence-corrected chi connectivity index (χ1v) is 10.5. The fourth-order valence-electron chi connectivity index (χ4n) is 4.16. The zero-order chi connectivity index (χ0) is 20.3. The first-order valence-electron chi connectivity index (χ1n) is 10.5. The lowest BCUT2D eigenvalue weighted by Gasteiger charge is -2.37. The van der Waals surface area contributed by atoms with E-state index in [0.29, 0.717) is 5.75 Å². The molecule has 28 heavy (non-hydrogen) atoms. The van der Waals surface area contributed by atoms with Crippen LogP contribution < -0.4 is 4.74 Å². The van der Waals surface area contributed by atoms with Crippen LogP contribution in [-0.2, 0) is 6.42 Å². The molecular weight excluding hydrogens is 344 g/mol. The Morgan fingerprint density at radius 3 is 2.54 bits per heavy atom. The molecule has 1 atom stereocenters. The normalized spacial score (nSPS) is 19.2. The van der Waals surface area contributed by atoms with Crippen molar-refractivity contribution in [2.75, 3.05) is 0 Å². The summed E-state index contributed by atoms with van der Waals surface area (Å²) < 4.78 is 6.61. The highest BCUT2D eigenvalue weighted by atomic mass is 16.5. The van der Waals surface area contributed by atoms with Crippen molar-refractivity contribution in [1.82, 2.24) is 0 Å². The van der Waals surface area contributed by atoms with Gasteiger partial charge in [0.1, 0.15) is 17.1 Å². The maximum absolute atomic E-state index is 10.6. The summed E-state index contributed by atoms with van der Waals surface area (Å²) >= 11 is 0. The number of phenols is 1. The van der Waals surface area contributed by atoms with Crippen LogP contribution in [-0.4, -0.2) is 10.7 Å². The zero-order valence-electron chi connectivity index (χ0n) is 18.1. The summed E-state index contributed by atoms with van der Waals surface area (Å²) in [5.41, 5.74) is 4.83. The van der Waals surface area contributed by atoms with Crippen molar-refractivity contribution < 1.29 is 9.84 Å². The number of rotatable bonds is 6. The molecule has 2 nitrogen and oxygen atoms in total. The Labute approximate surface area is 169 Å². The molecule has 2 aromatic carbocycles. The van der Waals surface area contributed by atoms with Crippen molar-refractivity contribution in [3.63, 3.8) is 0 Å². The third-order valence-corrected chi connectivity index (χ3v) is 6.02. The lowest BCUT2D eigenvalue weighted by atomic mass is 9.85. The fourth-order valence-corrected chi connectivity index (χ4v) is 4.16. The smallest absolute Gasteiger partial charge is 0.131 e. The number of aromatic hydroxyl groups is 1. The van der Waals surface area contributed by atoms with E-state index in [1.807, 2.05) is 25.1 Å². The standard InChI is InChI=1S/C26H34O2/c1-18(2)10-8-11-19(3)12-9-16-26(5)17-15-21-20(4)24(27)22-13-6-7-14-23(22)25(21)28-26/h6-7,10,12-14,27H,8-9,11,15-17H2,1-5H3/b19-12+. The topological polar surface area (TPSA) is 29.5 Å². The molecule has 150 valence electrons. The molecule has 0 aliphatic carbocycles. The molecule has 0 fully saturated rings. The van der Waals surface area contributed by atoms with Crippen LogP contribution in [0.15, 0.2) is 47.6 Å². The molecule has 3 rings (SSSR count). The zero-order valence-corrected chi connectivity index (χ0v) is 18.1. The number of fused-ring (bicyclic) bond motifs is 3. The van der Waals surface area contributed by atoms with Gasteiger partial charge in [-0.15, -0.1) is 0 Å². The number of benzene rings is 2. The number of phenolic OH excluding ortho intramolecular Hbond substituents is 1. The first kappa shape index (κ1) is 20.5. The predicted octanol–water partition coefficient (Wildman–Crippen LogP) is 7.41. The average Bonchev–Trinajstić information content (AvgIpc) is 2.65. The van der Waals surface area contributed by atoms with E-state index in [2.05, 4.69) is 45.9 Å². The van der Waals surface area contributed by atoms with Gasteiger partial charge in [0.05, 0.1) is 0 Å². The monoisotopic (exact) mass is 378 g/mol. The summed E-state index contributed by atoms with van der Waals surface area (Å²) in [5, 5.41) is 12.5. The van der Waals surface area contributed by atoms with Gasteiger partial charge in [-0.3, -0.25) is 0 Å². The van der Waals surface area contributed by atoms with Crippen molar-refractivity contribution in [3.05, 3.63) is 58.7 Å². The van der Waals surface area contributed by atoms with Crippen LogP contribution >= 0.6 is 0 Å². The maximum Gasteiger partial charge on any atom is 0.131 e. The second kappa shape index (κ2) is 8.43. The van der Waals surface area contributed by atoms with Crippen molar-refractivity contribution in [2.24, 2.45) is 0 Å². The second-order valence-corrected chi connectivity index (χ2v) is 8.79. The molecule has 0 spiro atoms. The summed E-state index contributed by atoms with van der Waals surface area (Å²) in [5.74, 6) is 1.38. The van der Waals surface area contributed by atoms with Gasteiger partial charge in [-0.25, -0.2) is 0 Å². The summed E-state index contributed by atoms with van der Waals surface area (Å²) in [6.45, 7) is 10.8. The van der Waals surface area contributed by atoms with Gasteiger partial charge in [-0.1, -0.05) is 47.6 Å². The van der Waals surface area contributed by atoms with E-state index >= 15 is 0 Å². The summed E-state index contributed by atoms with van der Waals surface area (Å²) in [6.07, 6.45) is 11.0. The Balaban J connectivity index is 1.74. The molecule has 1 aliphatic heterocycles. The van der Waals surface area contributed by atoms with Crippen LogP contribution in [0.5, 0.6) is 11.5 Å². The van der Waals surface area contributed by atoms with Gasteiger partial charge in [0.2, 0.25) is 0 Å². The molecule has 1 unspecified atom stereocenters. The van der Waals surface area contributed by atoms with Crippen molar-refractivity contribution in [1.29, 1.82) is 0 Å². The highest BCUT2D eigenvalue weighted by Crippen LogP contribution is 2.46. The molecule has 1 N–H and O–H groups in total. The van der Waals surface area contributed by atoms with E-state index in [4.69, 9.17) is 4.74 Å². The minimum atomic E-state index is -0.157. The summed E-state index contributed by atoms with van der Waals surface area (Å²) in [6, 6.07) is 8.03. The SMILES string of the molecule is CC(C)=CCC/C(C)=C/CCC1(C)CCc2c(C)c(O)c3ccccc3c2O1. The maximum atomic E-state index is 10.6. The molecule has 0 bridgehead atoms. The van der Waals surface area contributed by atoms with E-state index in [-0.39, 0.29) is 5.60 Å². The van der Waals surface area contributed by atoms with E-state index in [1.165, 1.54) is 16.7 Å². The van der Waals surface area contributed by atoms with Gasteiger partial charge in [0.15, 0.2) is 0 Å².